The van der Waals surface area contributed by atoms with Crippen LogP contribution in [0.5, 0.6) is 0 Å². The van der Waals surface area contributed by atoms with Crippen molar-refractivity contribution in [3.63, 3.8) is 0 Å². The van der Waals surface area contributed by atoms with Crippen LogP contribution in [-0.4, -0.2) is 13.6 Å². The molecule has 1 nitrogen and oxygen atoms in total. The molecule has 1 atom stereocenters. The first-order chi connectivity index (χ1) is 7.81. The molecule has 1 aliphatic rings. The van der Waals surface area contributed by atoms with Crippen molar-refractivity contribution in [1.82, 2.24) is 5.32 Å². The molecule has 2 heteroatoms. The van der Waals surface area contributed by atoms with Crippen LogP contribution in [-0.2, 0) is 6.42 Å². The normalized spacial score (nSPS) is 18.1. The molecule has 0 bridgehead atoms. The van der Waals surface area contributed by atoms with Crippen molar-refractivity contribution in [2.75, 3.05) is 13.6 Å². The molecule has 1 saturated carbocycles. The molecule has 0 aromatic heterocycles. The van der Waals surface area contributed by atoms with E-state index in [1.54, 1.807) is 0 Å². The first kappa shape index (κ1) is 11.9. The van der Waals surface area contributed by atoms with Gasteiger partial charge in [-0.05, 0) is 43.5 Å². The summed E-state index contributed by atoms with van der Waals surface area (Å²) in [5.74, 6) is 1.65. The lowest BCUT2D eigenvalue weighted by atomic mass is 9.73. The van der Waals surface area contributed by atoms with Crippen LogP contribution in [0.15, 0.2) is 24.3 Å². The summed E-state index contributed by atoms with van der Waals surface area (Å²) >= 11 is 6.21. The monoisotopic (exact) mass is 237 g/mol. The number of halogens is 1. The summed E-state index contributed by atoms with van der Waals surface area (Å²) in [7, 11) is 2.04. The third-order valence-corrected chi connectivity index (χ3v) is 4.09. The summed E-state index contributed by atoms with van der Waals surface area (Å²) in [6, 6.07) is 8.23. The van der Waals surface area contributed by atoms with Gasteiger partial charge in [0.2, 0.25) is 0 Å². The summed E-state index contributed by atoms with van der Waals surface area (Å²) < 4.78 is 0. The first-order valence-corrected chi connectivity index (χ1v) is 6.57. The van der Waals surface area contributed by atoms with E-state index in [0.717, 1.165) is 29.8 Å². The van der Waals surface area contributed by atoms with Crippen LogP contribution in [0.3, 0.4) is 0 Å². The number of benzene rings is 1. The minimum atomic E-state index is 0.749. The van der Waals surface area contributed by atoms with Crippen LogP contribution in [0.2, 0.25) is 5.02 Å². The minimum Gasteiger partial charge on any atom is -0.319 e. The van der Waals surface area contributed by atoms with E-state index < -0.39 is 0 Å². The molecule has 16 heavy (non-hydrogen) atoms. The number of rotatable bonds is 5. The topological polar surface area (TPSA) is 12.0 Å². The predicted octanol–water partition coefficient (Wildman–Crippen LogP) is 3.52. The Bertz CT molecular complexity index is 333. The molecule has 0 amide bonds. The van der Waals surface area contributed by atoms with Gasteiger partial charge in [0.05, 0.1) is 0 Å². The van der Waals surface area contributed by atoms with E-state index in [2.05, 4.69) is 17.4 Å². The van der Waals surface area contributed by atoms with Crippen LogP contribution in [0.1, 0.15) is 24.8 Å². The Balaban J connectivity index is 2.01. The average Bonchev–Trinajstić information content (AvgIpc) is 2.19. The zero-order valence-electron chi connectivity index (χ0n) is 9.88. The van der Waals surface area contributed by atoms with Gasteiger partial charge < -0.3 is 5.32 Å². The van der Waals surface area contributed by atoms with Gasteiger partial charge in [-0.15, -0.1) is 0 Å². The van der Waals surface area contributed by atoms with Crippen LogP contribution < -0.4 is 5.32 Å². The standard InChI is InChI=1S/C14H20ClN/c1-16-10-13(11-6-4-7-11)9-12-5-2-3-8-14(12)15/h2-3,5,8,11,13,16H,4,6-7,9-10H2,1H3. The van der Waals surface area contributed by atoms with E-state index in [1.807, 2.05) is 19.2 Å². The highest BCUT2D eigenvalue weighted by Crippen LogP contribution is 2.35. The molecule has 2 rings (SSSR count). The second-order valence-electron chi connectivity index (χ2n) is 4.80. The Morgan fingerprint density at radius 2 is 2.12 bits per heavy atom. The van der Waals surface area contributed by atoms with E-state index in [9.17, 15) is 0 Å². The van der Waals surface area contributed by atoms with Gasteiger partial charge in [-0.2, -0.15) is 0 Å². The molecule has 0 aliphatic heterocycles. The van der Waals surface area contributed by atoms with Gasteiger partial charge in [0.25, 0.3) is 0 Å². The summed E-state index contributed by atoms with van der Waals surface area (Å²) in [6.45, 7) is 1.11. The van der Waals surface area contributed by atoms with E-state index in [1.165, 1.54) is 24.8 Å². The van der Waals surface area contributed by atoms with Gasteiger partial charge in [0.1, 0.15) is 0 Å². The zero-order chi connectivity index (χ0) is 11.4. The number of nitrogens with one attached hydrogen (secondary N) is 1. The molecule has 1 fully saturated rings. The maximum Gasteiger partial charge on any atom is 0.0438 e. The maximum absolute atomic E-state index is 6.21. The average molecular weight is 238 g/mol. The van der Waals surface area contributed by atoms with E-state index >= 15 is 0 Å². The quantitative estimate of drug-likeness (QED) is 0.827. The third-order valence-electron chi connectivity index (χ3n) is 3.72. The SMILES string of the molecule is CNCC(Cc1ccccc1Cl)C1CCC1. The van der Waals surface area contributed by atoms with Gasteiger partial charge >= 0.3 is 0 Å². The smallest absolute Gasteiger partial charge is 0.0438 e. The maximum atomic E-state index is 6.21. The largest absolute Gasteiger partial charge is 0.319 e. The van der Waals surface area contributed by atoms with Gasteiger partial charge in [-0.25, -0.2) is 0 Å². The molecule has 1 aliphatic carbocycles. The second kappa shape index (κ2) is 5.70. The van der Waals surface area contributed by atoms with Crippen molar-refractivity contribution in [3.05, 3.63) is 34.9 Å². The lowest BCUT2D eigenvalue weighted by Crippen LogP contribution is -2.31. The Labute approximate surface area is 103 Å². The minimum absolute atomic E-state index is 0.749. The third kappa shape index (κ3) is 2.78. The van der Waals surface area contributed by atoms with Crippen LogP contribution in [0.4, 0.5) is 0 Å². The fourth-order valence-electron chi connectivity index (χ4n) is 2.53. The van der Waals surface area contributed by atoms with Crippen LogP contribution in [0, 0.1) is 11.8 Å². The van der Waals surface area contributed by atoms with Gasteiger partial charge in [0.15, 0.2) is 0 Å². The van der Waals surface area contributed by atoms with Crippen molar-refractivity contribution in [1.29, 1.82) is 0 Å². The fourth-order valence-corrected chi connectivity index (χ4v) is 2.74. The zero-order valence-corrected chi connectivity index (χ0v) is 10.6. The summed E-state index contributed by atoms with van der Waals surface area (Å²) in [6.07, 6.45) is 5.33. The highest BCUT2D eigenvalue weighted by molar-refractivity contribution is 6.31. The van der Waals surface area contributed by atoms with Gasteiger partial charge in [0, 0.05) is 5.02 Å². The Hall–Kier alpha value is -0.530. The summed E-state index contributed by atoms with van der Waals surface area (Å²) in [4.78, 5) is 0. The number of hydrogen-bond donors (Lipinski definition) is 1. The van der Waals surface area contributed by atoms with E-state index in [4.69, 9.17) is 11.6 Å². The van der Waals surface area contributed by atoms with Crippen molar-refractivity contribution < 1.29 is 0 Å². The van der Waals surface area contributed by atoms with Crippen molar-refractivity contribution >= 4 is 11.6 Å². The molecule has 0 radical (unpaired) electrons. The molecule has 1 unspecified atom stereocenters. The first-order valence-electron chi connectivity index (χ1n) is 6.19. The molecule has 88 valence electrons. The van der Waals surface area contributed by atoms with Crippen LogP contribution in [0.25, 0.3) is 0 Å². The predicted molar refractivity (Wildman–Crippen MR) is 69.9 cm³/mol. The molecule has 0 saturated heterocycles. The molecule has 1 aromatic carbocycles. The van der Waals surface area contributed by atoms with Gasteiger partial charge in [-0.3, -0.25) is 0 Å². The van der Waals surface area contributed by atoms with Gasteiger partial charge in [-0.1, -0.05) is 49.1 Å². The van der Waals surface area contributed by atoms with Crippen molar-refractivity contribution in [2.45, 2.75) is 25.7 Å². The molecule has 1 aromatic rings. The second-order valence-corrected chi connectivity index (χ2v) is 5.21. The Morgan fingerprint density at radius 3 is 2.69 bits per heavy atom. The molecule has 0 heterocycles. The molecule has 0 spiro atoms. The van der Waals surface area contributed by atoms with Crippen LogP contribution >= 0.6 is 11.6 Å². The van der Waals surface area contributed by atoms with Crippen molar-refractivity contribution in [2.24, 2.45) is 11.8 Å². The highest BCUT2D eigenvalue weighted by atomic mass is 35.5. The lowest BCUT2D eigenvalue weighted by Gasteiger charge is -2.34. The summed E-state index contributed by atoms with van der Waals surface area (Å²) in [5.41, 5.74) is 1.30. The van der Waals surface area contributed by atoms with Crippen molar-refractivity contribution in [3.8, 4) is 0 Å². The van der Waals surface area contributed by atoms with E-state index in [-0.39, 0.29) is 0 Å². The Kier molecular flexibility index (Phi) is 4.25. The lowest BCUT2D eigenvalue weighted by molar-refractivity contribution is 0.202. The Morgan fingerprint density at radius 1 is 1.38 bits per heavy atom. The molecular weight excluding hydrogens is 218 g/mol. The number of hydrogen-bond acceptors (Lipinski definition) is 1. The van der Waals surface area contributed by atoms with E-state index in [0.29, 0.717) is 0 Å². The summed E-state index contributed by atoms with van der Waals surface area (Å²) in [5, 5.41) is 4.23. The molecule has 1 N–H and O–H groups in total. The fraction of sp³-hybridized carbons (Fsp3) is 0.571. The highest BCUT2D eigenvalue weighted by Gasteiger charge is 2.27. The molecular formula is C14H20ClN.